The maximum absolute atomic E-state index is 12.1. The van der Waals surface area contributed by atoms with Crippen LogP contribution in [0.25, 0.3) is 0 Å². The molecule has 2 rings (SSSR count). The number of nitrogens with zero attached hydrogens (tertiary/aromatic N) is 3. The van der Waals surface area contributed by atoms with Crippen molar-refractivity contribution in [2.45, 2.75) is 39.5 Å². The molecule has 2 aliphatic heterocycles. The molecule has 2 saturated heterocycles. The van der Waals surface area contributed by atoms with Crippen LogP contribution in [0.5, 0.6) is 0 Å². The summed E-state index contributed by atoms with van der Waals surface area (Å²) >= 11 is 0. The number of carbonyl (C=O) groups is 1. The van der Waals surface area contributed by atoms with Crippen molar-refractivity contribution in [1.29, 1.82) is 0 Å². The highest BCUT2D eigenvalue weighted by atomic mass is 127. The number of halogens is 1. The van der Waals surface area contributed by atoms with E-state index < -0.39 is 0 Å². The molecular weight excluding hydrogens is 417 g/mol. The van der Waals surface area contributed by atoms with Crippen molar-refractivity contribution in [3.63, 3.8) is 0 Å². The quantitative estimate of drug-likeness (QED) is 0.365. The first-order chi connectivity index (χ1) is 11.2. The lowest BCUT2D eigenvalue weighted by molar-refractivity contribution is -0.128. The summed E-state index contributed by atoms with van der Waals surface area (Å²) in [6, 6.07) is 0. The Morgan fingerprint density at radius 3 is 2.42 bits per heavy atom. The first kappa shape index (κ1) is 21.5. The number of hydrogen-bond donors (Lipinski definition) is 2. The topological polar surface area (TPSA) is 60.0 Å². The number of carbonyl (C=O) groups excluding carboxylic acids is 1. The zero-order chi connectivity index (χ0) is 16.5. The van der Waals surface area contributed by atoms with Gasteiger partial charge in [-0.25, -0.2) is 4.99 Å². The molecular formula is C17H34IN5O. The van der Waals surface area contributed by atoms with Gasteiger partial charge >= 0.3 is 0 Å². The lowest BCUT2D eigenvalue weighted by Gasteiger charge is -2.30. The zero-order valence-corrected chi connectivity index (χ0v) is 17.6. The normalized spacial score (nSPS) is 19.9. The minimum Gasteiger partial charge on any atom is -0.357 e. The predicted molar refractivity (Wildman–Crippen MR) is 110 cm³/mol. The summed E-state index contributed by atoms with van der Waals surface area (Å²) in [5, 5.41) is 6.57. The molecule has 1 amide bonds. The second-order valence-electron chi connectivity index (χ2n) is 6.73. The van der Waals surface area contributed by atoms with Crippen molar-refractivity contribution in [2.75, 3.05) is 52.4 Å². The highest BCUT2D eigenvalue weighted by Gasteiger charge is 2.17. The smallest absolute Gasteiger partial charge is 0.244 e. The van der Waals surface area contributed by atoms with Gasteiger partial charge in [-0.15, -0.1) is 24.0 Å². The van der Waals surface area contributed by atoms with E-state index >= 15 is 0 Å². The maximum Gasteiger partial charge on any atom is 0.244 e. The van der Waals surface area contributed by atoms with Crippen LogP contribution in [-0.4, -0.2) is 74.0 Å². The molecule has 2 N–H and O–H groups in total. The van der Waals surface area contributed by atoms with Crippen LogP contribution in [0.2, 0.25) is 0 Å². The average Bonchev–Trinajstić information content (AvgIpc) is 3.08. The lowest BCUT2D eigenvalue weighted by atomic mass is 9.99. The summed E-state index contributed by atoms with van der Waals surface area (Å²) in [7, 11) is 0. The number of guanidine groups is 1. The second-order valence-corrected chi connectivity index (χ2v) is 6.73. The zero-order valence-electron chi connectivity index (χ0n) is 15.2. The van der Waals surface area contributed by atoms with Crippen LogP contribution >= 0.6 is 24.0 Å². The first-order valence-electron chi connectivity index (χ1n) is 9.21. The highest BCUT2D eigenvalue weighted by Crippen LogP contribution is 2.15. The van der Waals surface area contributed by atoms with Gasteiger partial charge in [0.15, 0.2) is 5.96 Å². The molecule has 140 valence electrons. The van der Waals surface area contributed by atoms with E-state index in [2.05, 4.69) is 27.4 Å². The molecule has 0 atom stereocenters. The fraction of sp³-hybridized carbons (Fsp3) is 0.882. The Labute approximate surface area is 163 Å². The van der Waals surface area contributed by atoms with Gasteiger partial charge in [0.05, 0.1) is 0 Å². The molecule has 0 aromatic rings. The monoisotopic (exact) mass is 451 g/mol. The summed E-state index contributed by atoms with van der Waals surface area (Å²) in [5.74, 6) is 1.77. The van der Waals surface area contributed by atoms with Crippen molar-refractivity contribution < 1.29 is 4.79 Å². The summed E-state index contributed by atoms with van der Waals surface area (Å²) in [6.07, 6.45) is 4.86. The summed E-state index contributed by atoms with van der Waals surface area (Å²) < 4.78 is 0. The van der Waals surface area contributed by atoms with E-state index in [1.54, 1.807) is 0 Å². The molecule has 0 aromatic heterocycles. The molecule has 0 aromatic carbocycles. The average molecular weight is 451 g/mol. The highest BCUT2D eigenvalue weighted by molar-refractivity contribution is 14.0. The number of piperidine rings is 1. The Balaban J connectivity index is 0.00000288. The van der Waals surface area contributed by atoms with Crippen molar-refractivity contribution in [2.24, 2.45) is 10.9 Å². The SMILES string of the molecule is CCNC(=NCC(=O)N1CCCC1)NCCN1CCC(C)CC1.I. The fourth-order valence-corrected chi connectivity index (χ4v) is 3.17. The molecule has 0 radical (unpaired) electrons. The summed E-state index contributed by atoms with van der Waals surface area (Å²) in [6.45, 7) is 11.5. The summed E-state index contributed by atoms with van der Waals surface area (Å²) in [5.41, 5.74) is 0. The van der Waals surface area contributed by atoms with E-state index in [-0.39, 0.29) is 36.4 Å². The van der Waals surface area contributed by atoms with Gasteiger partial charge in [-0.05, 0) is 51.6 Å². The Bertz CT molecular complexity index is 390. The van der Waals surface area contributed by atoms with Gasteiger partial charge in [0, 0.05) is 32.7 Å². The predicted octanol–water partition coefficient (Wildman–Crippen LogP) is 1.51. The number of hydrogen-bond acceptors (Lipinski definition) is 3. The number of amides is 1. The van der Waals surface area contributed by atoms with Crippen LogP contribution in [0.1, 0.15) is 39.5 Å². The molecule has 0 spiro atoms. The van der Waals surface area contributed by atoms with Gasteiger partial charge in [0.2, 0.25) is 5.91 Å². The van der Waals surface area contributed by atoms with Gasteiger partial charge in [0.25, 0.3) is 0 Å². The van der Waals surface area contributed by atoms with E-state index in [1.807, 2.05) is 11.8 Å². The number of rotatable bonds is 6. The van der Waals surface area contributed by atoms with Crippen LogP contribution in [0.4, 0.5) is 0 Å². The molecule has 24 heavy (non-hydrogen) atoms. The number of nitrogens with one attached hydrogen (secondary N) is 2. The van der Waals surface area contributed by atoms with Crippen molar-refractivity contribution in [3.8, 4) is 0 Å². The largest absolute Gasteiger partial charge is 0.357 e. The van der Waals surface area contributed by atoms with E-state index in [4.69, 9.17) is 0 Å². The van der Waals surface area contributed by atoms with Gasteiger partial charge in [-0.2, -0.15) is 0 Å². The van der Waals surface area contributed by atoms with Gasteiger partial charge in [0.1, 0.15) is 6.54 Å². The molecule has 6 nitrogen and oxygen atoms in total. The van der Waals surface area contributed by atoms with E-state index in [0.717, 1.165) is 57.4 Å². The van der Waals surface area contributed by atoms with Gasteiger partial charge in [-0.3, -0.25) is 4.79 Å². The fourth-order valence-electron chi connectivity index (χ4n) is 3.17. The molecule has 0 bridgehead atoms. The maximum atomic E-state index is 12.1. The van der Waals surface area contributed by atoms with Crippen molar-refractivity contribution in [1.82, 2.24) is 20.4 Å². The van der Waals surface area contributed by atoms with E-state index in [9.17, 15) is 4.79 Å². The third kappa shape index (κ3) is 7.55. The molecule has 2 aliphatic rings. The van der Waals surface area contributed by atoms with Crippen LogP contribution in [-0.2, 0) is 4.79 Å². The summed E-state index contributed by atoms with van der Waals surface area (Å²) in [4.78, 5) is 20.9. The number of likely N-dealkylation sites (tertiary alicyclic amines) is 2. The number of aliphatic imine (C=N–C) groups is 1. The molecule has 2 heterocycles. The third-order valence-electron chi connectivity index (χ3n) is 4.77. The molecule has 0 aliphatic carbocycles. The third-order valence-corrected chi connectivity index (χ3v) is 4.77. The van der Waals surface area contributed by atoms with Gasteiger partial charge in [-0.1, -0.05) is 6.92 Å². The molecule has 2 fully saturated rings. The molecule has 7 heteroatoms. The Hall–Kier alpha value is -0.570. The minimum atomic E-state index is 0. The Morgan fingerprint density at radius 2 is 1.79 bits per heavy atom. The standard InChI is InChI=1S/C17H33N5O.HI/c1-3-18-17(20-14-16(23)22-9-4-5-10-22)19-8-13-21-11-6-15(2)7-12-21;/h15H,3-14H2,1-2H3,(H2,18,19,20);1H. The van der Waals surface area contributed by atoms with Crippen LogP contribution in [0.3, 0.4) is 0 Å². The lowest BCUT2D eigenvalue weighted by Crippen LogP contribution is -2.43. The Kier molecular flexibility index (Phi) is 10.6. The van der Waals surface area contributed by atoms with Gasteiger partial charge < -0.3 is 20.4 Å². The molecule has 0 unspecified atom stereocenters. The first-order valence-corrected chi connectivity index (χ1v) is 9.21. The van der Waals surface area contributed by atoms with E-state index in [0.29, 0.717) is 0 Å². The van der Waals surface area contributed by atoms with E-state index in [1.165, 1.54) is 25.9 Å². The second kappa shape index (κ2) is 11.9. The Morgan fingerprint density at radius 1 is 1.12 bits per heavy atom. The van der Waals surface area contributed by atoms with Crippen LogP contribution < -0.4 is 10.6 Å². The van der Waals surface area contributed by atoms with Crippen LogP contribution in [0.15, 0.2) is 4.99 Å². The minimum absolute atomic E-state index is 0. The van der Waals surface area contributed by atoms with Crippen molar-refractivity contribution in [3.05, 3.63) is 0 Å². The van der Waals surface area contributed by atoms with Crippen LogP contribution in [0, 0.1) is 5.92 Å². The molecule has 0 saturated carbocycles. The van der Waals surface area contributed by atoms with Crippen molar-refractivity contribution >= 4 is 35.8 Å².